The molecule has 4 rings (SSSR count). The fourth-order valence-corrected chi connectivity index (χ4v) is 4.38. The zero-order valence-electron chi connectivity index (χ0n) is 15.3. The van der Waals surface area contributed by atoms with E-state index < -0.39 is 17.4 Å². The summed E-state index contributed by atoms with van der Waals surface area (Å²) in [4.78, 5) is 29.5. The van der Waals surface area contributed by atoms with Gasteiger partial charge in [-0.25, -0.2) is 0 Å². The van der Waals surface area contributed by atoms with Crippen LogP contribution in [-0.2, 0) is 25.6 Å². The van der Waals surface area contributed by atoms with Crippen LogP contribution in [0, 0.1) is 18.8 Å². The monoisotopic (exact) mass is 360 g/mol. The number of aromatic nitrogens is 2. The maximum Gasteiger partial charge on any atom is 0.230 e. The van der Waals surface area contributed by atoms with E-state index in [1.54, 1.807) is 24.0 Å². The molecule has 4 unspecified atom stereocenters. The van der Waals surface area contributed by atoms with E-state index in [0.29, 0.717) is 26.2 Å². The van der Waals surface area contributed by atoms with Gasteiger partial charge in [0.05, 0.1) is 43.3 Å². The van der Waals surface area contributed by atoms with E-state index >= 15 is 0 Å². The van der Waals surface area contributed by atoms with Gasteiger partial charge in [-0.2, -0.15) is 5.10 Å². The number of fused-ring (bicyclic) bond motifs is 1. The number of carbonyl (C=O) groups excluding carboxylic acids is 2. The summed E-state index contributed by atoms with van der Waals surface area (Å²) in [6.45, 7) is 3.79. The lowest BCUT2D eigenvalue weighted by Crippen LogP contribution is -2.44. The highest BCUT2D eigenvalue weighted by Gasteiger charge is 2.66. The van der Waals surface area contributed by atoms with E-state index in [2.05, 4.69) is 10.2 Å². The fourth-order valence-electron chi connectivity index (χ4n) is 4.38. The van der Waals surface area contributed by atoms with Crippen LogP contribution in [0.5, 0.6) is 0 Å². The van der Waals surface area contributed by atoms with Crippen molar-refractivity contribution in [3.05, 3.63) is 29.6 Å². The predicted molar refractivity (Wildman–Crippen MR) is 92.0 cm³/mol. The number of amides is 2. The molecule has 0 radical (unpaired) electrons. The summed E-state index contributed by atoms with van der Waals surface area (Å²) in [6, 6.07) is 1.91. The van der Waals surface area contributed by atoms with Crippen molar-refractivity contribution in [1.82, 2.24) is 20.0 Å². The van der Waals surface area contributed by atoms with Gasteiger partial charge in [-0.3, -0.25) is 14.7 Å². The van der Waals surface area contributed by atoms with Crippen molar-refractivity contribution in [2.75, 3.05) is 33.9 Å². The Bertz CT molecular complexity index is 760. The number of rotatable bonds is 6. The highest BCUT2D eigenvalue weighted by Crippen LogP contribution is 2.52. The standard InChI is InChI=1S/C18H24N4O4/c1-11-8-12(20-19-11)9-21(2)16(23)14-13-4-5-18(26-13)10-22(6-7-25-3)17(24)15(14)18/h4-5,8,13-15H,6-7,9-10H2,1-3H3,(H,19,20). The Balaban J connectivity index is 1.52. The molecule has 4 atom stereocenters. The number of hydrogen-bond donors (Lipinski definition) is 1. The average Bonchev–Trinajstić information content (AvgIpc) is 3.34. The smallest absolute Gasteiger partial charge is 0.230 e. The number of nitrogens with zero attached hydrogens (tertiary/aromatic N) is 3. The average molecular weight is 360 g/mol. The van der Waals surface area contributed by atoms with Crippen molar-refractivity contribution in [2.45, 2.75) is 25.2 Å². The van der Waals surface area contributed by atoms with Gasteiger partial charge in [0.15, 0.2) is 0 Å². The molecular weight excluding hydrogens is 336 g/mol. The van der Waals surface area contributed by atoms with E-state index in [-0.39, 0.29) is 17.9 Å². The molecule has 2 saturated heterocycles. The molecule has 1 aromatic heterocycles. The topological polar surface area (TPSA) is 87.8 Å². The molecule has 8 heteroatoms. The third-order valence-electron chi connectivity index (χ3n) is 5.56. The molecule has 0 saturated carbocycles. The van der Waals surface area contributed by atoms with Gasteiger partial charge in [0.1, 0.15) is 5.60 Å². The number of aryl methyl sites for hydroxylation is 1. The Morgan fingerprint density at radius 1 is 1.58 bits per heavy atom. The molecule has 8 nitrogen and oxygen atoms in total. The summed E-state index contributed by atoms with van der Waals surface area (Å²) < 4.78 is 11.2. The summed E-state index contributed by atoms with van der Waals surface area (Å²) in [5.74, 6) is -1.03. The molecule has 1 aromatic rings. The quantitative estimate of drug-likeness (QED) is 0.728. The number of aromatic amines is 1. The van der Waals surface area contributed by atoms with Crippen molar-refractivity contribution in [3.8, 4) is 0 Å². The highest BCUT2D eigenvalue weighted by atomic mass is 16.5. The fraction of sp³-hybridized carbons (Fsp3) is 0.611. The minimum atomic E-state index is -0.667. The van der Waals surface area contributed by atoms with Crippen LogP contribution in [0.15, 0.2) is 18.2 Å². The van der Waals surface area contributed by atoms with Gasteiger partial charge in [0.25, 0.3) is 0 Å². The van der Waals surface area contributed by atoms with E-state index in [0.717, 1.165) is 11.4 Å². The summed E-state index contributed by atoms with van der Waals surface area (Å²) in [7, 11) is 3.36. The van der Waals surface area contributed by atoms with E-state index in [1.807, 2.05) is 25.1 Å². The molecular formula is C18H24N4O4. The summed E-state index contributed by atoms with van der Waals surface area (Å²) in [6.07, 6.45) is 3.57. The summed E-state index contributed by atoms with van der Waals surface area (Å²) in [5, 5.41) is 7.07. The molecule has 2 fully saturated rings. The second-order valence-corrected chi connectivity index (χ2v) is 7.39. The van der Waals surface area contributed by atoms with Crippen molar-refractivity contribution in [3.63, 3.8) is 0 Å². The van der Waals surface area contributed by atoms with Gasteiger partial charge in [-0.1, -0.05) is 12.2 Å². The van der Waals surface area contributed by atoms with Crippen LogP contribution in [0.2, 0.25) is 0 Å². The zero-order chi connectivity index (χ0) is 18.5. The van der Waals surface area contributed by atoms with Gasteiger partial charge in [0.2, 0.25) is 11.8 Å². The molecule has 0 aliphatic carbocycles. The first-order valence-corrected chi connectivity index (χ1v) is 8.86. The van der Waals surface area contributed by atoms with Crippen LogP contribution in [-0.4, -0.2) is 77.4 Å². The van der Waals surface area contributed by atoms with Crippen LogP contribution < -0.4 is 0 Å². The Morgan fingerprint density at radius 2 is 2.38 bits per heavy atom. The second-order valence-electron chi connectivity index (χ2n) is 7.39. The van der Waals surface area contributed by atoms with Gasteiger partial charge < -0.3 is 19.3 Å². The van der Waals surface area contributed by atoms with Gasteiger partial charge >= 0.3 is 0 Å². The lowest BCUT2D eigenvalue weighted by molar-refractivity contribution is -0.142. The zero-order valence-corrected chi connectivity index (χ0v) is 15.3. The molecule has 1 spiro atoms. The number of nitrogens with one attached hydrogen (secondary N) is 1. The third-order valence-corrected chi connectivity index (χ3v) is 5.56. The molecule has 0 aromatic carbocycles. The van der Waals surface area contributed by atoms with Crippen molar-refractivity contribution < 1.29 is 19.1 Å². The van der Waals surface area contributed by atoms with E-state index in [4.69, 9.17) is 9.47 Å². The predicted octanol–water partition coefficient (Wildman–Crippen LogP) is 0.105. The third kappa shape index (κ3) is 2.55. The first kappa shape index (κ1) is 17.2. The first-order valence-electron chi connectivity index (χ1n) is 8.86. The maximum absolute atomic E-state index is 13.1. The number of ether oxygens (including phenoxy) is 2. The Kier molecular flexibility index (Phi) is 4.11. The minimum absolute atomic E-state index is 0.0173. The maximum atomic E-state index is 13.1. The van der Waals surface area contributed by atoms with Crippen molar-refractivity contribution >= 4 is 11.8 Å². The first-order chi connectivity index (χ1) is 12.4. The van der Waals surface area contributed by atoms with Crippen LogP contribution in [0.25, 0.3) is 0 Å². The molecule has 26 heavy (non-hydrogen) atoms. The van der Waals surface area contributed by atoms with Crippen LogP contribution in [0.3, 0.4) is 0 Å². The molecule has 2 amide bonds. The van der Waals surface area contributed by atoms with Crippen molar-refractivity contribution in [1.29, 1.82) is 0 Å². The Morgan fingerprint density at radius 3 is 3.08 bits per heavy atom. The van der Waals surface area contributed by atoms with Crippen molar-refractivity contribution in [2.24, 2.45) is 11.8 Å². The number of H-pyrrole nitrogens is 1. The number of likely N-dealkylation sites (tertiary alicyclic amines) is 1. The van der Waals surface area contributed by atoms with Crippen LogP contribution in [0.4, 0.5) is 0 Å². The summed E-state index contributed by atoms with van der Waals surface area (Å²) >= 11 is 0. The van der Waals surface area contributed by atoms with Gasteiger partial charge in [-0.05, 0) is 13.0 Å². The number of methoxy groups -OCH3 is 1. The van der Waals surface area contributed by atoms with Crippen LogP contribution >= 0.6 is 0 Å². The molecule has 3 aliphatic rings. The SMILES string of the molecule is COCCN1CC23C=CC(O2)C(C(=O)N(C)Cc2cc(C)[nH]n2)C3C1=O. The minimum Gasteiger partial charge on any atom is -0.383 e. The summed E-state index contributed by atoms with van der Waals surface area (Å²) in [5.41, 5.74) is 1.08. The van der Waals surface area contributed by atoms with Gasteiger partial charge in [0, 0.05) is 26.4 Å². The lowest BCUT2D eigenvalue weighted by atomic mass is 9.76. The largest absolute Gasteiger partial charge is 0.383 e. The molecule has 2 bridgehead atoms. The highest BCUT2D eigenvalue weighted by molar-refractivity contribution is 5.93. The molecule has 1 N–H and O–H groups in total. The number of carbonyl (C=O) groups is 2. The van der Waals surface area contributed by atoms with Crippen LogP contribution in [0.1, 0.15) is 11.4 Å². The molecule has 3 aliphatic heterocycles. The van der Waals surface area contributed by atoms with E-state index in [9.17, 15) is 9.59 Å². The van der Waals surface area contributed by atoms with Gasteiger partial charge in [-0.15, -0.1) is 0 Å². The normalized spacial score (nSPS) is 31.7. The lowest BCUT2D eigenvalue weighted by Gasteiger charge is -2.27. The Hall–Kier alpha value is -2.19. The molecule has 4 heterocycles. The second kappa shape index (κ2) is 6.21. The Labute approximate surface area is 152 Å². The van der Waals surface area contributed by atoms with E-state index in [1.165, 1.54) is 0 Å². The molecule has 140 valence electrons. The number of hydrogen-bond acceptors (Lipinski definition) is 5.